The third-order valence-corrected chi connectivity index (χ3v) is 5.12. The monoisotopic (exact) mass is 370 g/mol. The summed E-state index contributed by atoms with van der Waals surface area (Å²) in [4.78, 5) is 22.5. The number of rotatable bonds is 5. The Morgan fingerprint density at radius 1 is 1.04 bits per heavy atom. The minimum Gasteiger partial charge on any atom is -0.476 e. The molecule has 4 rings (SSSR count). The van der Waals surface area contributed by atoms with Gasteiger partial charge in [-0.25, -0.2) is 9.48 Å². The number of benzene rings is 2. The quantitative estimate of drug-likeness (QED) is 0.548. The lowest BCUT2D eigenvalue weighted by Gasteiger charge is -2.35. The van der Waals surface area contributed by atoms with E-state index in [0.29, 0.717) is 18.3 Å². The normalized spacial score (nSPS) is 14.7. The van der Waals surface area contributed by atoms with Gasteiger partial charge >= 0.3 is 5.97 Å². The Hall–Kier alpha value is -3.73. The van der Waals surface area contributed by atoms with E-state index in [4.69, 9.17) is 0 Å². The zero-order chi connectivity index (χ0) is 19.6. The Kier molecular flexibility index (Phi) is 4.49. The summed E-state index contributed by atoms with van der Waals surface area (Å²) < 4.78 is 1.50. The second-order valence-corrected chi connectivity index (χ2v) is 6.65. The molecule has 1 aliphatic rings. The van der Waals surface area contributed by atoms with Crippen molar-refractivity contribution in [3.05, 3.63) is 101 Å². The van der Waals surface area contributed by atoms with Gasteiger partial charge < -0.3 is 5.11 Å². The van der Waals surface area contributed by atoms with Gasteiger partial charge in [-0.3, -0.25) is 4.79 Å². The van der Waals surface area contributed by atoms with Crippen LogP contribution in [0.5, 0.6) is 0 Å². The zero-order valence-electron chi connectivity index (χ0n) is 15.0. The van der Waals surface area contributed by atoms with Crippen molar-refractivity contribution in [3.8, 4) is 0 Å². The number of hydrogen-bond donors (Lipinski definition) is 1. The molecule has 0 radical (unpaired) electrons. The standard InChI is InChI=1S/C23H18N2O3/c26-15-7-14-25-20-16-23(17-8-3-1-4-9-17,18-10-5-2-6-11-18)13-12-19(20)21(24-25)22(27)28/h1-15H,16H2,(H,27,28). The average Bonchev–Trinajstić information content (AvgIpc) is 3.11. The number of aldehydes is 1. The molecule has 28 heavy (non-hydrogen) atoms. The minimum atomic E-state index is -1.09. The largest absolute Gasteiger partial charge is 0.476 e. The summed E-state index contributed by atoms with van der Waals surface area (Å²) >= 11 is 0. The number of nitrogens with zero attached hydrogens (tertiary/aromatic N) is 2. The molecule has 0 saturated heterocycles. The van der Waals surface area contributed by atoms with E-state index < -0.39 is 11.4 Å². The number of aromatic carboxylic acids is 1. The number of allylic oxidation sites excluding steroid dienone is 2. The van der Waals surface area contributed by atoms with E-state index in [1.54, 1.807) is 0 Å². The van der Waals surface area contributed by atoms with Crippen LogP contribution in [0.15, 0.2) is 72.8 Å². The van der Waals surface area contributed by atoms with Crippen LogP contribution in [-0.4, -0.2) is 27.1 Å². The van der Waals surface area contributed by atoms with Gasteiger partial charge in [0.15, 0.2) is 5.69 Å². The Balaban J connectivity index is 1.95. The van der Waals surface area contributed by atoms with Crippen molar-refractivity contribution in [2.24, 2.45) is 0 Å². The van der Waals surface area contributed by atoms with Crippen LogP contribution in [0.4, 0.5) is 0 Å². The van der Waals surface area contributed by atoms with E-state index in [0.717, 1.165) is 16.8 Å². The van der Waals surface area contributed by atoms with Crippen LogP contribution in [0.25, 0.3) is 12.3 Å². The van der Waals surface area contributed by atoms with Crippen molar-refractivity contribution in [1.82, 2.24) is 9.78 Å². The number of hydrogen-bond acceptors (Lipinski definition) is 3. The summed E-state index contributed by atoms with van der Waals surface area (Å²) in [5.41, 5.74) is 3.06. The molecule has 1 N–H and O–H groups in total. The average molecular weight is 370 g/mol. The number of carboxylic acid groups (broad SMARTS) is 1. The number of carboxylic acids is 1. The maximum atomic E-state index is 11.7. The Labute approximate surface area is 162 Å². The summed E-state index contributed by atoms with van der Waals surface area (Å²) in [7, 11) is 0. The van der Waals surface area contributed by atoms with Crippen LogP contribution in [0.3, 0.4) is 0 Å². The number of aromatic nitrogens is 2. The van der Waals surface area contributed by atoms with Gasteiger partial charge in [0.1, 0.15) is 6.29 Å². The SMILES string of the molecule is O=CC=Cn1nc(C(=O)O)c2c1CC(c1ccccc1)(c1ccccc1)C=C2. The predicted molar refractivity (Wildman–Crippen MR) is 107 cm³/mol. The molecule has 2 aromatic carbocycles. The maximum absolute atomic E-state index is 11.7. The molecule has 0 spiro atoms. The molecule has 1 aliphatic carbocycles. The molecule has 3 aromatic rings. The first-order valence-electron chi connectivity index (χ1n) is 8.92. The van der Waals surface area contributed by atoms with Crippen LogP contribution < -0.4 is 0 Å². The molecule has 0 bridgehead atoms. The molecule has 1 aromatic heterocycles. The van der Waals surface area contributed by atoms with Gasteiger partial charge in [0.05, 0.1) is 5.69 Å². The van der Waals surface area contributed by atoms with E-state index in [9.17, 15) is 14.7 Å². The third kappa shape index (κ3) is 2.87. The van der Waals surface area contributed by atoms with Gasteiger partial charge in [0.25, 0.3) is 0 Å². The summed E-state index contributed by atoms with van der Waals surface area (Å²) in [5.74, 6) is -1.09. The molecule has 5 nitrogen and oxygen atoms in total. The molecular weight excluding hydrogens is 352 g/mol. The Bertz CT molecular complexity index is 1040. The van der Waals surface area contributed by atoms with Crippen LogP contribution in [0, 0.1) is 0 Å². The van der Waals surface area contributed by atoms with Crippen molar-refractivity contribution in [2.75, 3.05) is 0 Å². The van der Waals surface area contributed by atoms with Gasteiger partial charge in [0.2, 0.25) is 0 Å². The van der Waals surface area contributed by atoms with Gasteiger partial charge in [-0.2, -0.15) is 5.10 Å². The first-order chi connectivity index (χ1) is 13.7. The van der Waals surface area contributed by atoms with Gasteiger partial charge in [-0.1, -0.05) is 72.8 Å². The summed E-state index contributed by atoms with van der Waals surface area (Å²) in [6, 6.07) is 20.2. The molecule has 0 amide bonds. The maximum Gasteiger partial charge on any atom is 0.357 e. The molecular formula is C23H18N2O3. The first-order valence-corrected chi connectivity index (χ1v) is 8.92. The molecule has 5 heteroatoms. The van der Waals surface area contributed by atoms with Crippen molar-refractivity contribution >= 4 is 24.5 Å². The topological polar surface area (TPSA) is 72.2 Å². The van der Waals surface area contributed by atoms with Crippen molar-refractivity contribution in [1.29, 1.82) is 0 Å². The Morgan fingerprint density at radius 2 is 1.64 bits per heavy atom. The second kappa shape index (κ2) is 7.12. The molecule has 1 heterocycles. The highest BCUT2D eigenvalue weighted by atomic mass is 16.4. The van der Waals surface area contributed by atoms with Gasteiger partial charge in [0, 0.05) is 23.6 Å². The number of carbonyl (C=O) groups excluding carboxylic acids is 1. The number of fused-ring (bicyclic) bond motifs is 1. The van der Waals surface area contributed by atoms with Crippen molar-refractivity contribution in [3.63, 3.8) is 0 Å². The lowest BCUT2D eigenvalue weighted by atomic mass is 9.68. The van der Waals surface area contributed by atoms with E-state index in [2.05, 4.69) is 35.4 Å². The molecule has 138 valence electrons. The molecule has 0 aliphatic heterocycles. The fourth-order valence-corrected chi connectivity index (χ4v) is 3.81. The lowest BCUT2D eigenvalue weighted by Crippen LogP contribution is -2.31. The first kappa shape index (κ1) is 17.7. The molecule has 0 unspecified atom stereocenters. The Morgan fingerprint density at radius 3 is 2.18 bits per heavy atom. The van der Waals surface area contributed by atoms with E-state index in [1.807, 2.05) is 42.5 Å². The highest BCUT2D eigenvalue weighted by Gasteiger charge is 2.38. The fourth-order valence-electron chi connectivity index (χ4n) is 3.81. The highest BCUT2D eigenvalue weighted by molar-refractivity contribution is 5.91. The number of carbonyl (C=O) groups is 2. The lowest BCUT2D eigenvalue weighted by molar-refractivity contribution is -0.104. The smallest absolute Gasteiger partial charge is 0.357 e. The predicted octanol–water partition coefficient (Wildman–Crippen LogP) is 3.81. The van der Waals surface area contributed by atoms with Crippen molar-refractivity contribution in [2.45, 2.75) is 11.8 Å². The molecule has 0 fully saturated rings. The van der Waals surface area contributed by atoms with Gasteiger partial charge in [-0.05, 0) is 17.2 Å². The van der Waals surface area contributed by atoms with Crippen LogP contribution in [0.2, 0.25) is 0 Å². The fraction of sp³-hybridized carbons (Fsp3) is 0.0870. The summed E-state index contributed by atoms with van der Waals surface area (Å²) in [5, 5.41) is 13.7. The van der Waals surface area contributed by atoms with E-state index in [-0.39, 0.29) is 5.69 Å². The van der Waals surface area contributed by atoms with Crippen LogP contribution in [-0.2, 0) is 16.6 Å². The van der Waals surface area contributed by atoms with E-state index in [1.165, 1.54) is 17.0 Å². The van der Waals surface area contributed by atoms with Crippen molar-refractivity contribution < 1.29 is 14.7 Å². The zero-order valence-corrected chi connectivity index (χ0v) is 15.0. The van der Waals surface area contributed by atoms with Gasteiger partial charge in [-0.15, -0.1) is 0 Å². The van der Waals surface area contributed by atoms with Crippen LogP contribution >= 0.6 is 0 Å². The third-order valence-electron chi connectivity index (χ3n) is 5.12. The highest BCUT2D eigenvalue weighted by Crippen LogP contribution is 2.42. The van der Waals surface area contributed by atoms with E-state index >= 15 is 0 Å². The summed E-state index contributed by atoms with van der Waals surface area (Å²) in [6.45, 7) is 0. The summed E-state index contributed by atoms with van der Waals surface area (Å²) in [6.07, 6.45) is 7.87. The minimum absolute atomic E-state index is 0.0171. The molecule has 0 atom stereocenters. The second-order valence-electron chi connectivity index (χ2n) is 6.65. The molecule has 0 saturated carbocycles. The van der Waals surface area contributed by atoms with Crippen LogP contribution in [0.1, 0.15) is 32.9 Å².